The number of hydrogen-bond acceptors (Lipinski definition) is 3. The molecule has 5 heteroatoms. The number of methoxy groups -OCH3 is 1. The molecular weight excluding hydrogens is 344 g/mol. The van der Waals surface area contributed by atoms with E-state index in [1.807, 2.05) is 30.3 Å². The summed E-state index contributed by atoms with van der Waals surface area (Å²) in [6, 6.07) is 11.8. The number of benzene rings is 2. The van der Waals surface area contributed by atoms with Crippen molar-refractivity contribution in [2.24, 2.45) is 4.99 Å². The van der Waals surface area contributed by atoms with Crippen molar-refractivity contribution in [2.45, 2.75) is 26.8 Å². The Kier molecular flexibility index (Phi) is 5.38. The largest absolute Gasteiger partial charge is 0.497 e. The number of thiazole rings is 1. The van der Waals surface area contributed by atoms with E-state index in [9.17, 15) is 4.79 Å². The lowest BCUT2D eigenvalue weighted by atomic mass is 10.1. The van der Waals surface area contributed by atoms with Crippen LogP contribution in [0.2, 0.25) is 0 Å². The first-order valence-electron chi connectivity index (χ1n) is 8.44. The molecule has 0 radical (unpaired) electrons. The monoisotopic (exact) mass is 366 g/mol. The highest BCUT2D eigenvalue weighted by atomic mass is 32.1. The van der Waals surface area contributed by atoms with E-state index >= 15 is 0 Å². The van der Waals surface area contributed by atoms with Crippen LogP contribution >= 0.6 is 11.3 Å². The second-order valence-electron chi connectivity index (χ2n) is 6.25. The second kappa shape index (κ2) is 7.70. The number of aromatic nitrogens is 1. The third kappa shape index (κ3) is 3.78. The summed E-state index contributed by atoms with van der Waals surface area (Å²) in [6.07, 6.45) is 2.08. The van der Waals surface area contributed by atoms with Gasteiger partial charge in [-0.05, 0) is 48.7 Å². The Morgan fingerprint density at radius 1 is 1.31 bits per heavy atom. The van der Waals surface area contributed by atoms with E-state index in [1.54, 1.807) is 18.4 Å². The van der Waals surface area contributed by atoms with E-state index in [1.165, 1.54) is 11.1 Å². The minimum atomic E-state index is -0.169. The summed E-state index contributed by atoms with van der Waals surface area (Å²) in [7, 11) is 1.62. The molecule has 0 N–H and O–H groups in total. The molecule has 0 spiro atoms. The molecular formula is C21H22N2O2S. The molecule has 26 heavy (non-hydrogen) atoms. The number of aryl methyl sites for hydroxylation is 2. The number of rotatable bonds is 5. The van der Waals surface area contributed by atoms with Gasteiger partial charge in [-0.2, -0.15) is 4.99 Å². The number of hydrogen-bond donors (Lipinski definition) is 0. The first kappa shape index (κ1) is 18.1. The van der Waals surface area contributed by atoms with E-state index in [-0.39, 0.29) is 12.3 Å². The zero-order valence-corrected chi connectivity index (χ0v) is 16.1. The SMILES string of the molecule is C=CCn1c(=NC(=O)Cc2cccc(OC)c2)sc2c(C)cc(C)cc21. The van der Waals surface area contributed by atoms with Gasteiger partial charge in [0.1, 0.15) is 5.75 Å². The van der Waals surface area contributed by atoms with Gasteiger partial charge in [-0.15, -0.1) is 6.58 Å². The van der Waals surface area contributed by atoms with Gasteiger partial charge in [0.15, 0.2) is 4.80 Å². The highest BCUT2D eigenvalue weighted by Crippen LogP contribution is 2.23. The fraction of sp³-hybridized carbons (Fsp3) is 0.238. The minimum Gasteiger partial charge on any atom is -0.497 e. The number of ether oxygens (including phenoxy) is 1. The molecule has 3 rings (SSSR count). The lowest BCUT2D eigenvalue weighted by Gasteiger charge is -2.04. The number of carbonyl (C=O) groups is 1. The van der Waals surface area contributed by atoms with Crippen LogP contribution in [0.3, 0.4) is 0 Å². The summed E-state index contributed by atoms with van der Waals surface area (Å²) in [5.41, 5.74) is 4.38. The maximum atomic E-state index is 12.5. The molecule has 0 fully saturated rings. The first-order valence-corrected chi connectivity index (χ1v) is 9.25. The molecule has 0 aliphatic heterocycles. The molecule has 0 unspecified atom stereocenters. The van der Waals surface area contributed by atoms with E-state index in [0.717, 1.165) is 21.5 Å². The molecule has 0 saturated carbocycles. The Morgan fingerprint density at radius 2 is 2.12 bits per heavy atom. The Labute approximate surface area is 157 Å². The molecule has 0 aliphatic carbocycles. The fourth-order valence-electron chi connectivity index (χ4n) is 3.01. The van der Waals surface area contributed by atoms with Crippen LogP contribution in [0.15, 0.2) is 54.0 Å². The Hall–Kier alpha value is -2.66. The third-order valence-corrected chi connectivity index (χ3v) is 5.37. The summed E-state index contributed by atoms with van der Waals surface area (Å²) in [5.74, 6) is 0.571. The molecule has 1 amide bonds. The van der Waals surface area contributed by atoms with Gasteiger partial charge in [0.05, 0.1) is 23.7 Å². The number of nitrogens with zero attached hydrogens (tertiary/aromatic N) is 2. The van der Waals surface area contributed by atoms with Gasteiger partial charge >= 0.3 is 0 Å². The van der Waals surface area contributed by atoms with Crippen molar-refractivity contribution in [3.63, 3.8) is 0 Å². The molecule has 2 aromatic carbocycles. The van der Waals surface area contributed by atoms with Crippen LogP contribution in [0, 0.1) is 13.8 Å². The minimum absolute atomic E-state index is 0.169. The van der Waals surface area contributed by atoms with Gasteiger partial charge in [-0.1, -0.05) is 35.6 Å². The van der Waals surface area contributed by atoms with E-state index in [4.69, 9.17) is 4.74 Å². The van der Waals surface area contributed by atoms with Crippen molar-refractivity contribution in [3.8, 4) is 5.75 Å². The van der Waals surface area contributed by atoms with Crippen LogP contribution in [0.5, 0.6) is 5.75 Å². The van der Waals surface area contributed by atoms with Crippen LogP contribution in [0.25, 0.3) is 10.2 Å². The highest BCUT2D eigenvalue weighted by Gasteiger charge is 2.10. The summed E-state index contributed by atoms with van der Waals surface area (Å²) in [6.45, 7) is 8.62. The van der Waals surface area contributed by atoms with Crippen molar-refractivity contribution in [3.05, 3.63) is 70.5 Å². The van der Waals surface area contributed by atoms with Gasteiger partial charge in [0.2, 0.25) is 0 Å². The summed E-state index contributed by atoms with van der Waals surface area (Å²) in [4.78, 5) is 17.6. The van der Waals surface area contributed by atoms with E-state index in [0.29, 0.717) is 11.3 Å². The Bertz CT molecular complexity index is 1040. The molecule has 0 bridgehead atoms. The standard InChI is InChI=1S/C21H22N2O2S/c1-5-9-23-18-11-14(2)10-15(3)20(18)26-21(23)22-19(24)13-16-7-6-8-17(12-16)25-4/h5-8,10-12H,1,9,13H2,2-4H3. The van der Waals surface area contributed by atoms with Gasteiger partial charge in [0, 0.05) is 6.54 Å². The molecule has 1 aromatic heterocycles. The zero-order chi connectivity index (χ0) is 18.7. The topological polar surface area (TPSA) is 43.6 Å². The maximum Gasteiger partial charge on any atom is 0.252 e. The van der Waals surface area contributed by atoms with Crippen molar-refractivity contribution in [2.75, 3.05) is 7.11 Å². The molecule has 0 atom stereocenters. The van der Waals surface area contributed by atoms with Crippen LogP contribution in [-0.4, -0.2) is 17.6 Å². The maximum absolute atomic E-state index is 12.5. The number of carbonyl (C=O) groups excluding carboxylic acids is 1. The molecule has 0 aliphatic rings. The smallest absolute Gasteiger partial charge is 0.252 e. The zero-order valence-electron chi connectivity index (χ0n) is 15.3. The normalized spacial score (nSPS) is 11.7. The van der Waals surface area contributed by atoms with E-state index < -0.39 is 0 Å². The Morgan fingerprint density at radius 3 is 2.85 bits per heavy atom. The molecule has 1 heterocycles. The predicted octanol–water partition coefficient (Wildman–Crippen LogP) is 4.18. The van der Waals surface area contributed by atoms with Crippen molar-refractivity contribution in [1.82, 2.24) is 4.57 Å². The lowest BCUT2D eigenvalue weighted by Crippen LogP contribution is -2.17. The fourth-order valence-corrected chi connectivity index (χ4v) is 4.11. The third-order valence-electron chi connectivity index (χ3n) is 4.14. The summed E-state index contributed by atoms with van der Waals surface area (Å²) in [5, 5.41) is 0. The summed E-state index contributed by atoms with van der Waals surface area (Å²) >= 11 is 1.55. The molecule has 134 valence electrons. The van der Waals surface area contributed by atoms with E-state index in [2.05, 4.69) is 42.1 Å². The average Bonchev–Trinajstić information content (AvgIpc) is 2.93. The molecule has 3 aromatic rings. The number of fused-ring (bicyclic) bond motifs is 1. The lowest BCUT2D eigenvalue weighted by molar-refractivity contribution is -0.117. The predicted molar refractivity (Wildman–Crippen MR) is 107 cm³/mol. The van der Waals surface area contributed by atoms with Gasteiger partial charge in [-0.25, -0.2) is 0 Å². The molecule has 4 nitrogen and oxygen atoms in total. The first-order chi connectivity index (χ1) is 12.5. The van der Waals surface area contributed by atoms with Crippen molar-refractivity contribution >= 4 is 27.5 Å². The highest BCUT2D eigenvalue weighted by molar-refractivity contribution is 7.16. The van der Waals surface area contributed by atoms with Crippen LogP contribution in [-0.2, 0) is 17.8 Å². The Balaban J connectivity index is 2.02. The van der Waals surface area contributed by atoms with Gasteiger partial charge < -0.3 is 9.30 Å². The summed E-state index contributed by atoms with van der Waals surface area (Å²) < 4.78 is 8.42. The van der Waals surface area contributed by atoms with Gasteiger partial charge in [0.25, 0.3) is 5.91 Å². The van der Waals surface area contributed by atoms with Crippen LogP contribution < -0.4 is 9.54 Å². The van der Waals surface area contributed by atoms with Gasteiger partial charge in [-0.3, -0.25) is 4.79 Å². The average molecular weight is 366 g/mol. The second-order valence-corrected chi connectivity index (χ2v) is 7.23. The van der Waals surface area contributed by atoms with Crippen LogP contribution in [0.1, 0.15) is 16.7 Å². The molecule has 0 saturated heterocycles. The van der Waals surface area contributed by atoms with Crippen LogP contribution in [0.4, 0.5) is 0 Å². The number of allylic oxidation sites excluding steroid dienone is 1. The quantitative estimate of drug-likeness (QED) is 0.636. The number of amides is 1. The van der Waals surface area contributed by atoms with Crippen molar-refractivity contribution in [1.29, 1.82) is 0 Å². The van der Waals surface area contributed by atoms with Crippen molar-refractivity contribution < 1.29 is 9.53 Å².